The van der Waals surface area contributed by atoms with Crippen LogP contribution in [0.1, 0.15) is 54.2 Å². The molecule has 5 rings (SSSR count). The van der Waals surface area contributed by atoms with Gasteiger partial charge in [0, 0.05) is 11.1 Å². The van der Waals surface area contributed by atoms with Crippen molar-refractivity contribution in [2.75, 3.05) is 4.90 Å². The second-order valence-electron chi connectivity index (χ2n) is 10.3. The topological polar surface area (TPSA) is 57.6 Å². The average molecular weight is 464 g/mol. The van der Waals surface area contributed by atoms with Gasteiger partial charge in [0.25, 0.3) is 5.91 Å². The second-order valence-corrected chi connectivity index (χ2v) is 10.3. The van der Waals surface area contributed by atoms with Crippen molar-refractivity contribution in [3.05, 3.63) is 113 Å². The summed E-state index contributed by atoms with van der Waals surface area (Å²) in [7, 11) is 0. The molecule has 0 spiro atoms. The molecule has 0 saturated heterocycles. The molecule has 0 saturated carbocycles. The lowest BCUT2D eigenvalue weighted by Gasteiger charge is -2.23. The van der Waals surface area contributed by atoms with Gasteiger partial charge in [-0.15, -0.1) is 0 Å². The highest BCUT2D eigenvalue weighted by Crippen LogP contribution is 2.44. The highest BCUT2D eigenvalue weighted by molar-refractivity contribution is 6.11. The molecule has 1 aliphatic heterocycles. The quantitative estimate of drug-likeness (QED) is 0.362. The number of hydrogen-bond acceptors (Lipinski definition) is 3. The minimum atomic E-state index is -1.90. The normalized spacial score (nSPS) is 17.6. The predicted octanol–water partition coefficient (Wildman–Crippen LogP) is 6.14. The maximum absolute atomic E-state index is 13.7. The van der Waals surface area contributed by atoms with E-state index in [0.717, 1.165) is 21.9 Å². The van der Waals surface area contributed by atoms with Gasteiger partial charge in [0.05, 0.1) is 18.7 Å². The number of benzene rings is 4. The molecule has 0 fully saturated rings. The first-order valence-corrected chi connectivity index (χ1v) is 11.9. The van der Waals surface area contributed by atoms with E-state index in [1.165, 1.54) is 0 Å². The Hall–Kier alpha value is -3.76. The SMILES string of the molecule is CC(C)(C)c1ccc(C(=O)CC2(O)C(=O)N(Cc3cccc4ccccc34)c3ccccc32)cc1. The standard InChI is InChI=1S/C31H29NO3/c1-30(2,3)24-17-15-22(16-18-24)28(33)19-31(35)26-13-6-7-14-27(26)32(29(31)34)20-23-11-8-10-21-9-4-5-12-25(21)23/h4-18,35H,19-20H2,1-3H3. The van der Waals surface area contributed by atoms with Crippen LogP contribution >= 0.6 is 0 Å². The van der Waals surface area contributed by atoms with E-state index in [-0.39, 0.29) is 17.6 Å². The van der Waals surface area contributed by atoms with Gasteiger partial charge < -0.3 is 10.0 Å². The van der Waals surface area contributed by atoms with Gasteiger partial charge in [0.15, 0.2) is 11.4 Å². The van der Waals surface area contributed by atoms with E-state index >= 15 is 0 Å². The molecular formula is C31H29NO3. The zero-order chi connectivity index (χ0) is 24.8. The van der Waals surface area contributed by atoms with E-state index in [4.69, 9.17) is 0 Å². The van der Waals surface area contributed by atoms with E-state index in [1.807, 2.05) is 66.7 Å². The van der Waals surface area contributed by atoms with Crippen LogP contribution in [0.15, 0.2) is 91.0 Å². The highest BCUT2D eigenvalue weighted by atomic mass is 16.3. The van der Waals surface area contributed by atoms with E-state index in [2.05, 4.69) is 20.8 Å². The lowest BCUT2D eigenvalue weighted by Crippen LogP contribution is -2.41. The third-order valence-electron chi connectivity index (χ3n) is 6.94. The largest absolute Gasteiger partial charge is 0.375 e. The Morgan fingerprint density at radius 1 is 0.857 bits per heavy atom. The minimum Gasteiger partial charge on any atom is -0.375 e. The first kappa shape index (κ1) is 23.0. The number of aliphatic hydroxyl groups is 1. The minimum absolute atomic E-state index is 0.0255. The highest BCUT2D eigenvalue weighted by Gasteiger charge is 2.50. The molecule has 1 heterocycles. The number of carbonyl (C=O) groups excluding carboxylic acids is 2. The van der Waals surface area contributed by atoms with E-state index in [1.54, 1.807) is 29.2 Å². The van der Waals surface area contributed by atoms with Crippen molar-refractivity contribution in [2.45, 2.75) is 44.8 Å². The molecule has 0 bridgehead atoms. The van der Waals surface area contributed by atoms with Crippen LogP contribution in [0.25, 0.3) is 10.8 Å². The Balaban J connectivity index is 1.47. The Morgan fingerprint density at radius 3 is 2.26 bits per heavy atom. The van der Waals surface area contributed by atoms with Crippen LogP contribution in [0.5, 0.6) is 0 Å². The van der Waals surface area contributed by atoms with Crippen LogP contribution in [0.3, 0.4) is 0 Å². The van der Waals surface area contributed by atoms with Crippen molar-refractivity contribution in [2.24, 2.45) is 0 Å². The molecule has 35 heavy (non-hydrogen) atoms. The van der Waals surface area contributed by atoms with Gasteiger partial charge in [0.1, 0.15) is 0 Å². The average Bonchev–Trinajstić information content (AvgIpc) is 3.05. The van der Waals surface area contributed by atoms with Crippen LogP contribution in [0.2, 0.25) is 0 Å². The summed E-state index contributed by atoms with van der Waals surface area (Å²) < 4.78 is 0. The fraction of sp³-hybridized carbons (Fsp3) is 0.226. The van der Waals surface area contributed by atoms with Gasteiger partial charge >= 0.3 is 0 Å². The number of Topliss-reactive ketones (excluding diaryl/α,β-unsaturated/α-hetero) is 1. The number of carbonyl (C=O) groups is 2. The number of amides is 1. The molecule has 4 nitrogen and oxygen atoms in total. The fourth-order valence-electron chi connectivity index (χ4n) is 4.93. The van der Waals surface area contributed by atoms with Crippen molar-refractivity contribution < 1.29 is 14.7 Å². The number of para-hydroxylation sites is 1. The maximum Gasteiger partial charge on any atom is 0.264 e. The lowest BCUT2D eigenvalue weighted by molar-refractivity contribution is -0.136. The summed E-state index contributed by atoms with van der Waals surface area (Å²) in [6.45, 7) is 6.66. The summed E-state index contributed by atoms with van der Waals surface area (Å²) in [6, 6.07) is 28.7. The molecule has 0 aliphatic carbocycles. The molecule has 4 aromatic carbocycles. The van der Waals surface area contributed by atoms with Crippen molar-refractivity contribution >= 4 is 28.2 Å². The first-order chi connectivity index (χ1) is 16.7. The molecule has 4 heteroatoms. The monoisotopic (exact) mass is 463 g/mol. The molecule has 0 radical (unpaired) electrons. The van der Waals surface area contributed by atoms with Crippen LogP contribution < -0.4 is 4.90 Å². The van der Waals surface area contributed by atoms with Gasteiger partial charge in [-0.3, -0.25) is 9.59 Å². The van der Waals surface area contributed by atoms with Gasteiger partial charge in [-0.2, -0.15) is 0 Å². The van der Waals surface area contributed by atoms with Crippen LogP contribution in [-0.2, 0) is 22.4 Å². The van der Waals surface area contributed by atoms with Crippen LogP contribution in [0, 0.1) is 0 Å². The van der Waals surface area contributed by atoms with Gasteiger partial charge in [-0.1, -0.05) is 106 Å². The molecule has 1 unspecified atom stereocenters. The first-order valence-electron chi connectivity index (χ1n) is 11.9. The Bertz CT molecular complexity index is 1430. The van der Waals surface area contributed by atoms with Crippen LogP contribution in [0.4, 0.5) is 5.69 Å². The van der Waals surface area contributed by atoms with E-state index in [9.17, 15) is 14.7 Å². The lowest BCUT2D eigenvalue weighted by atomic mass is 9.85. The van der Waals surface area contributed by atoms with E-state index < -0.39 is 11.5 Å². The molecule has 1 N–H and O–H groups in total. The van der Waals surface area contributed by atoms with Crippen molar-refractivity contribution in [3.63, 3.8) is 0 Å². The summed E-state index contributed by atoms with van der Waals surface area (Å²) in [4.78, 5) is 28.5. The molecule has 1 amide bonds. The van der Waals surface area contributed by atoms with Crippen molar-refractivity contribution in [1.82, 2.24) is 0 Å². The van der Waals surface area contributed by atoms with Gasteiger partial charge in [0.2, 0.25) is 0 Å². The maximum atomic E-state index is 13.7. The van der Waals surface area contributed by atoms with E-state index in [0.29, 0.717) is 23.4 Å². The summed E-state index contributed by atoms with van der Waals surface area (Å²) in [5.74, 6) is -0.727. The summed E-state index contributed by atoms with van der Waals surface area (Å²) in [5, 5.41) is 13.8. The number of rotatable bonds is 5. The molecule has 1 atom stereocenters. The third-order valence-corrected chi connectivity index (χ3v) is 6.94. The molecule has 1 aliphatic rings. The fourth-order valence-corrected chi connectivity index (χ4v) is 4.93. The Morgan fingerprint density at radius 2 is 1.51 bits per heavy atom. The van der Waals surface area contributed by atoms with Crippen LogP contribution in [-0.4, -0.2) is 16.8 Å². The zero-order valence-corrected chi connectivity index (χ0v) is 20.3. The number of anilines is 1. The van der Waals surface area contributed by atoms with Gasteiger partial charge in [-0.05, 0) is 33.4 Å². The summed E-state index contributed by atoms with van der Waals surface area (Å²) >= 11 is 0. The molecule has 0 aromatic heterocycles. The molecule has 176 valence electrons. The van der Waals surface area contributed by atoms with Gasteiger partial charge in [-0.25, -0.2) is 0 Å². The van der Waals surface area contributed by atoms with Crippen molar-refractivity contribution in [1.29, 1.82) is 0 Å². The smallest absolute Gasteiger partial charge is 0.264 e. The predicted molar refractivity (Wildman–Crippen MR) is 140 cm³/mol. The van der Waals surface area contributed by atoms with Crippen molar-refractivity contribution in [3.8, 4) is 0 Å². The number of ketones is 1. The zero-order valence-electron chi connectivity index (χ0n) is 20.3. The third kappa shape index (κ3) is 4.04. The number of nitrogens with zero attached hydrogens (tertiary/aromatic N) is 1. The second kappa shape index (κ2) is 8.47. The summed E-state index contributed by atoms with van der Waals surface area (Å²) in [5.41, 5.74) is 1.79. The number of hydrogen-bond donors (Lipinski definition) is 1. The molecule has 4 aromatic rings. The molecular weight excluding hydrogens is 434 g/mol. The Labute approximate surface area is 205 Å². The summed E-state index contributed by atoms with van der Waals surface area (Å²) in [6.07, 6.45) is -0.302. The number of fused-ring (bicyclic) bond motifs is 2. The Kier molecular flexibility index (Phi) is 5.57.